The Kier molecular flexibility index (Phi) is 6.06. The van der Waals surface area contributed by atoms with Gasteiger partial charge < -0.3 is 0 Å². The average Bonchev–Trinajstić information content (AvgIpc) is 2.31. The number of halogens is 1. The zero-order valence-electron chi connectivity index (χ0n) is 15.4. The van der Waals surface area contributed by atoms with Crippen molar-refractivity contribution in [2.45, 2.75) is 68.2 Å². The van der Waals surface area contributed by atoms with Gasteiger partial charge in [0.25, 0.3) is 0 Å². The lowest BCUT2D eigenvalue weighted by Crippen LogP contribution is -2.32. The monoisotopic (exact) mass is 366 g/mol. The van der Waals surface area contributed by atoms with Crippen LogP contribution in [0.3, 0.4) is 0 Å². The van der Waals surface area contributed by atoms with Crippen LogP contribution in [0.5, 0.6) is 0 Å². The second-order valence-electron chi connectivity index (χ2n) is 8.80. The first-order chi connectivity index (χ1) is 9.81. The highest BCUT2D eigenvalue weighted by Gasteiger charge is 2.32. The van der Waals surface area contributed by atoms with E-state index in [2.05, 4.69) is 62.7 Å². The number of carbonyl (C=O) groups is 1. The second-order valence-corrected chi connectivity index (χ2v) is 9.65. The van der Waals surface area contributed by atoms with Gasteiger partial charge in [-0.2, -0.15) is 0 Å². The Morgan fingerprint density at radius 2 is 1.64 bits per heavy atom. The number of ketones is 1. The summed E-state index contributed by atoms with van der Waals surface area (Å²) in [7, 11) is 0. The first-order valence-corrected chi connectivity index (χ1v) is 8.90. The molecule has 0 N–H and O–H groups in total. The molecule has 1 nitrogen and oxygen atoms in total. The van der Waals surface area contributed by atoms with Gasteiger partial charge in [-0.05, 0) is 54.9 Å². The first-order valence-electron chi connectivity index (χ1n) is 8.11. The van der Waals surface area contributed by atoms with Gasteiger partial charge in [-0.3, -0.25) is 4.79 Å². The van der Waals surface area contributed by atoms with Crippen LogP contribution in [0.4, 0.5) is 0 Å². The van der Waals surface area contributed by atoms with E-state index >= 15 is 0 Å². The molecule has 0 amide bonds. The van der Waals surface area contributed by atoms with Crippen LogP contribution in [-0.4, -0.2) is 5.78 Å². The molecule has 0 aliphatic rings. The Morgan fingerprint density at radius 3 is 2.05 bits per heavy atom. The fourth-order valence-corrected chi connectivity index (χ4v) is 3.51. The molecule has 22 heavy (non-hydrogen) atoms. The number of carbonyl (C=O) groups excluding carboxylic acids is 1. The number of rotatable bonds is 4. The van der Waals surface area contributed by atoms with E-state index in [0.29, 0.717) is 5.78 Å². The van der Waals surface area contributed by atoms with E-state index in [1.807, 2.05) is 20.8 Å². The minimum Gasteiger partial charge on any atom is -0.299 e. The Morgan fingerprint density at radius 1 is 1.09 bits per heavy atom. The molecule has 1 aromatic rings. The fourth-order valence-electron chi connectivity index (χ4n) is 2.90. The molecule has 0 bridgehead atoms. The summed E-state index contributed by atoms with van der Waals surface area (Å²) >= 11 is 3.64. The minimum absolute atomic E-state index is 0.0778. The normalized spacial score (nSPS) is 14.0. The lowest BCUT2D eigenvalue weighted by Gasteiger charge is -2.30. The maximum atomic E-state index is 12.9. The highest BCUT2D eigenvalue weighted by Crippen LogP contribution is 2.33. The molecule has 0 fully saturated rings. The third-order valence-electron chi connectivity index (χ3n) is 4.11. The Balaban J connectivity index is 3.11. The van der Waals surface area contributed by atoms with Crippen LogP contribution in [0, 0.1) is 30.6 Å². The number of benzene rings is 1. The number of hydrogen-bond donors (Lipinski definition) is 0. The second kappa shape index (κ2) is 6.86. The van der Waals surface area contributed by atoms with E-state index in [1.54, 1.807) is 0 Å². The van der Waals surface area contributed by atoms with Crippen molar-refractivity contribution in [1.82, 2.24) is 0 Å². The van der Waals surface area contributed by atoms with Gasteiger partial charge in [0.2, 0.25) is 0 Å². The van der Waals surface area contributed by atoms with Crippen molar-refractivity contribution < 1.29 is 4.79 Å². The van der Waals surface area contributed by atoms with Gasteiger partial charge >= 0.3 is 0 Å². The lowest BCUT2D eigenvalue weighted by atomic mass is 9.73. The number of Topliss-reactive ketones (excluding diaryl/α,β-unsaturated/α-hetero) is 1. The highest BCUT2D eigenvalue weighted by molar-refractivity contribution is 9.10. The summed E-state index contributed by atoms with van der Waals surface area (Å²) in [5, 5.41) is 0. The van der Waals surface area contributed by atoms with Gasteiger partial charge in [-0.25, -0.2) is 0 Å². The maximum Gasteiger partial charge on any atom is 0.141 e. The Hall–Kier alpha value is -0.630. The molecule has 0 aliphatic heterocycles. The molecule has 0 aliphatic carbocycles. The van der Waals surface area contributed by atoms with Gasteiger partial charge in [0.05, 0.1) is 0 Å². The van der Waals surface area contributed by atoms with Gasteiger partial charge in [-0.15, -0.1) is 0 Å². The summed E-state index contributed by atoms with van der Waals surface area (Å²) < 4.78 is 1.14. The Bertz CT molecular complexity index is 521. The minimum atomic E-state index is -0.285. The third kappa shape index (κ3) is 5.53. The molecule has 0 saturated carbocycles. The van der Waals surface area contributed by atoms with E-state index in [0.717, 1.165) is 17.3 Å². The number of aryl methyl sites for hydroxylation is 1. The van der Waals surface area contributed by atoms with Gasteiger partial charge in [0, 0.05) is 15.8 Å². The van der Waals surface area contributed by atoms with Gasteiger partial charge in [0.15, 0.2) is 0 Å². The predicted molar refractivity (Wildman–Crippen MR) is 99.3 cm³/mol. The molecule has 0 saturated heterocycles. The molecule has 124 valence electrons. The fraction of sp³-hybridized carbons (Fsp3) is 0.650. The molecule has 0 radical (unpaired) electrons. The standard InChI is InChI=1S/C20H31BrO/c1-13-9-15(11-17(21)14(13)2)10-16(12-19(3,4)5)18(22)20(6,7)8/h9,11,16H,10,12H2,1-8H3. The van der Waals surface area contributed by atoms with Gasteiger partial charge in [-0.1, -0.05) is 63.5 Å². The van der Waals surface area contributed by atoms with Crippen molar-refractivity contribution in [2.75, 3.05) is 0 Å². The first kappa shape index (κ1) is 19.4. The van der Waals surface area contributed by atoms with E-state index in [1.165, 1.54) is 16.7 Å². The van der Waals surface area contributed by atoms with Crippen molar-refractivity contribution in [1.29, 1.82) is 0 Å². The molecule has 1 atom stereocenters. The van der Waals surface area contributed by atoms with E-state index in [4.69, 9.17) is 0 Å². The summed E-state index contributed by atoms with van der Waals surface area (Å²) in [6, 6.07) is 4.40. The predicted octanol–water partition coefficient (Wildman–Crippen LogP) is 6.28. The molecule has 1 rings (SSSR count). The summed E-state index contributed by atoms with van der Waals surface area (Å²) in [6.07, 6.45) is 1.75. The van der Waals surface area contributed by atoms with Crippen LogP contribution in [0.25, 0.3) is 0 Å². The lowest BCUT2D eigenvalue weighted by molar-refractivity contribution is -0.131. The van der Waals surface area contributed by atoms with Crippen LogP contribution in [0.15, 0.2) is 16.6 Å². The molecular formula is C20H31BrO. The van der Waals surface area contributed by atoms with Crippen LogP contribution in [0.1, 0.15) is 64.7 Å². The number of hydrogen-bond acceptors (Lipinski definition) is 1. The SMILES string of the molecule is Cc1cc(CC(CC(C)(C)C)C(=O)C(C)(C)C)cc(Br)c1C. The largest absolute Gasteiger partial charge is 0.299 e. The quantitative estimate of drug-likeness (QED) is 0.612. The van der Waals surface area contributed by atoms with Crippen LogP contribution >= 0.6 is 15.9 Å². The molecule has 1 aromatic carbocycles. The summed E-state index contributed by atoms with van der Waals surface area (Å²) in [5.41, 5.74) is 3.68. The van der Waals surface area contributed by atoms with Crippen molar-refractivity contribution >= 4 is 21.7 Å². The van der Waals surface area contributed by atoms with Crippen LogP contribution < -0.4 is 0 Å². The Labute approximate surface area is 145 Å². The summed E-state index contributed by atoms with van der Waals surface area (Å²) in [6.45, 7) is 17.0. The highest BCUT2D eigenvalue weighted by atomic mass is 79.9. The van der Waals surface area contributed by atoms with E-state index in [9.17, 15) is 4.79 Å². The molecular weight excluding hydrogens is 336 g/mol. The molecule has 2 heteroatoms. The summed E-state index contributed by atoms with van der Waals surface area (Å²) in [5.74, 6) is 0.450. The maximum absolute atomic E-state index is 12.9. The molecule has 0 aromatic heterocycles. The van der Waals surface area contributed by atoms with E-state index < -0.39 is 0 Å². The van der Waals surface area contributed by atoms with Crippen molar-refractivity contribution in [3.8, 4) is 0 Å². The zero-order valence-corrected chi connectivity index (χ0v) is 17.0. The van der Waals surface area contributed by atoms with E-state index in [-0.39, 0.29) is 16.7 Å². The van der Waals surface area contributed by atoms with Crippen molar-refractivity contribution in [2.24, 2.45) is 16.7 Å². The summed E-state index contributed by atoms with van der Waals surface area (Å²) in [4.78, 5) is 12.9. The molecule has 1 unspecified atom stereocenters. The van der Waals surface area contributed by atoms with Crippen molar-refractivity contribution in [3.05, 3.63) is 33.3 Å². The zero-order chi connectivity index (χ0) is 17.3. The van der Waals surface area contributed by atoms with Gasteiger partial charge in [0.1, 0.15) is 5.78 Å². The third-order valence-corrected chi connectivity index (χ3v) is 4.94. The van der Waals surface area contributed by atoms with Crippen molar-refractivity contribution in [3.63, 3.8) is 0 Å². The molecule has 0 spiro atoms. The van der Waals surface area contributed by atoms with Crippen LogP contribution in [-0.2, 0) is 11.2 Å². The topological polar surface area (TPSA) is 17.1 Å². The smallest absolute Gasteiger partial charge is 0.141 e. The van der Waals surface area contributed by atoms with Crippen LogP contribution in [0.2, 0.25) is 0 Å². The average molecular weight is 367 g/mol. The molecule has 0 heterocycles.